The van der Waals surface area contributed by atoms with Crippen LogP contribution in [0, 0.1) is 12.3 Å². The van der Waals surface area contributed by atoms with Gasteiger partial charge >= 0.3 is 0 Å². The van der Waals surface area contributed by atoms with Gasteiger partial charge in [-0.15, -0.1) is 12.3 Å². The summed E-state index contributed by atoms with van der Waals surface area (Å²) < 4.78 is 2.42. The molecule has 2 unspecified atom stereocenters. The molecule has 0 amide bonds. The van der Waals surface area contributed by atoms with Crippen LogP contribution in [0.25, 0.3) is 76.4 Å². The molecule has 0 radical (unpaired) electrons. The Morgan fingerprint density at radius 2 is 1.46 bits per heavy atom. The fourth-order valence-corrected chi connectivity index (χ4v) is 8.56. The van der Waals surface area contributed by atoms with E-state index in [9.17, 15) is 0 Å². The molecule has 2 heteroatoms. The predicted octanol–water partition coefficient (Wildman–Crippen LogP) is 13.5. The lowest BCUT2D eigenvalue weighted by atomic mass is 9.81. The molecule has 252 valence electrons. The van der Waals surface area contributed by atoms with Crippen molar-refractivity contribution in [3.05, 3.63) is 145 Å². The van der Waals surface area contributed by atoms with Crippen molar-refractivity contribution in [3.8, 4) is 34.6 Å². The van der Waals surface area contributed by atoms with Gasteiger partial charge in [-0.1, -0.05) is 124 Å². The van der Waals surface area contributed by atoms with Crippen LogP contribution in [0.4, 0.5) is 0 Å². The molecule has 0 saturated heterocycles. The highest BCUT2D eigenvalue weighted by Gasteiger charge is 2.22. The molecule has 2 atom stereocenters. The molecule has 0 bridgehead atoms. The lowest BCUT2D eigenvalue weighted by Gasteiger charge is -2.23. The summed E-state index contributed by atoms with van der Waals surface area (Å²) in [6.07, 6.45) is 18.0. The maximum atomic E-state index is 5.90. The highest BCUT2D eigenvalue weighted by atomic mass is 15.0. The molecular weight excluding hydrogens is 629 g/mol. The summed E-state index contributed by atoms with van der Waals surface area (Å²) in [5.41, 5.74) is 10.1. The monoisotopic (exact) mass is 670 g/mol. The number of benzene rings is 7. The number of allylic oxidation sites excluding steroid dienone is 3. The first-order chi connectivity index (χ1) is 25.3. The second kappa shape index (κ2) is 12.4. The van der Waals surface area contributed by atoms with Crippen LogP contribution in [0.15, 0.2) is 139 Å². The van der Waals surface area contributed by atoms with E-state index in [0.29, 0.717) is 12.3 Å². The zero-order valence-corrected chi connectivity index (χ0v) is 30.3. The van der Waals surface area contributed by atoms with Crippen LogP contribution >= 0.6 is 0 Å². The Labute approximate surface area is 306 Å². The number of terminal acetylenes is 1. The van der Waals surface area contributed by atoms with Gasteiger partial charge in [0.1, 0.15) is 0 Å². The van der Waals surface area contributed by atoms with Crippen LogP contribution in [0.2, 0.25) is 0 Å². The fraction of sp³-hybridized carbons (Fsp3) is 0.180. The van der Waals surface area contributed by atoms with E-state index in [2.05, 4.69) is 177 Å². The van der Waals surface area contributed by atoms with Gasteiger partial charge in [0.2, 0.25) is 0 Å². The molecule has 7 aromatic carbocycles. The van der Waals surface area contributed by atoms with E-state index < -0.39 is 0 Å². The smallest absolute Gasteiger partial charge is 0.0631 e. The van der Waals surface area contributed by atoms with Crippen LogP contribution in [-0.4, -0.2) is 10.8 Å². The second-order valence-electron chi connectivity index (χ2n) is 15.4. The highest BCUT2D eigenvalue weighted by molar-refractivity contribution is 6.28. The van der Waals surface area contributed by atoms with Crippen molar-refractivity contribution in [2.45, 2.75) is 57.9 Å². The number of fused-ring (bicyclic) bond motifs is 3. The summed E-state index contributed by atoms with van der Waals surface area (Å²) in [5, 5.41) is 10.3. The third kappa shape index (κ3) is 5.15. The van der Waals surface area contributed by atoms with Gasteiger partial charge in [0.25, 0.3) is 0 Å². The van der Waals surface area contributed by atoms with E-state index in [4.69, 9.17) is 6.42 Å². The molecule has 52 heavy (non-hydrogen) atoms. The predicted molar refractivity (Wildman–Crippen MR) is 225 cm³/mol. The zero-order chi connectivity index (χ0) is 35.6. The van der Waals surface area contributed by atoms with Gasteiger partial charge in [0.05, 0.1) is 6.04 Å². The Morgan fingerprint density at radius 1 is 0.769 bits per heavy atom. The first kappa shape index (κ1) is 32.0. The summed E-state index contributed by atoms with van der Waals surface area (Å²) in [6, 6.07) is 41.7. The van der Waals surface area contributed by atoms with Gasteiger partial charge in [-0.2, -0.15) is 0 Å². The van der Waals surface area contributed by atoms with Crippen molar-refractivity contribution in [3.63, 3.8) is 0 Å². The van der Waals surface area contributed by atoms with Gasteiger partial charge < -0.3 is 4.57 Å². The minimum atomic E-state index is 0.0576. The Bertz CT molecular complexity index is 2770. The van der Waals surface area contributed by atoms with Gasteiger partial charge in [-0.05, 0) is 109 Å². The van der Waals surface area contributed by atoms with Crippen molar-refractivity contribution in [1.29, 1.82) is 0 Å². The summed E-state index contributed by atoms with van der Waals surface area (Å²) in [7, 11) is 0. The largest absolute Gasteiger partial charge is 0.332 e. The zero-order valence-electron chi connectivity index (χ0n) is 30.3. The minimum absolute atomic E-state index is 0.0576. The van der Waals surface area contributed by atoms with Crippen molar-refractivity contribution in [1.82, 2.24) is 4.57 Å². The molecule has 2 nitrogen and oxygen atoms in total. The molecule has 0 saturated carbocycles. The molecule has 0 N–H and O–H groups in total. The third-order valence-electron chi connectivity index (χ3n) is 11.2. The molecule has 1 aliphatic rings. The van der Waals surface area contributed by atoms with Crippen molar-refractivity contribution < 1.29 is 0 Å². The number of aromatic nitrogens is 1. The maximum Gasteiger partial charge on any atom is 0.0631 e. The number of aliphatic imine (C=N–C) groups is 1. The highest BCUT2D eigenvalue weighted by Crippen LogP contribution is 2.46. The third-order valence-corrected chi connectivity index (χ3v) is 11.2. The lowest BCUT2D eigenvalue weighted by molar-refractivity contribution is 0.591. The first-order valence-corrected chi connectivity index (χ1v) is 18.5. The molecule has 8 aromatic rings. The van der Waals surface area contributed by atoms with Gasteiger partial charge in [0, 0.05) is 46.6 Å². The fourth-order valence-electron chi connectivity index (χ4n) is 8.56. The number of hydrogen-bond donors (Lipinski definition) is 0. The standard InChI is InChI=1S/C50H42N2/c1-6-11-39(12-7-2)52-46-15-9-8-14-40(46)45-29-34(22-25-47(45)52)44-30-43(33-18-16-32(17-19-33)37-13-10-26-51-31-37)41-23-20-35-27-38(50(3,4)5)28-36-21-24-42(44)49(41)48(35)36/h1,7-10,12,14-31,37,39H,11,13H2,2-5H3/b12-7-. The molecule has 0 spiro atoms. The normalized spacial score (nSPS) is 15.6. The van der Waals surface area contributed by atoms with Gasteiger partial charge in [-0.25, -0.2) is 0 Å². The van der Waals surface area contributed by atoms with Crippen molar-refractivity contribution in [2.75, 3.05) is 0 Å². The lowest BCUT2D eigenvalue weighted by Crippen LogP contribution is -2.10. The molecule has 0 aliphatic carbocycles. The Hall–Kier alpha value is -5.91. The van der Waals surface area contributed by atoms with E-state index in [-0.39, 0.29) is 11.5 Å². The van der Waals surface area contributed by atoms with Crippen LogP contribution in [-0.2, 0) is 5.41 Å². The molecule has 1 aromatic heterocycles. The van der Waals surface area contributed by atoms with Crippen LogP contribution < -0.4 is 0 Å². The molecular formula is C50H42N2. The molecule has 9 rings (SSSR count). The van der Waals surface area contributed by atoms with E-state index in [1.54, 1.807) is 0 Å². The Kier molecular flexibility index (Phi) is 7.63. The molecule has 1 aliphatic heterocycles. The van der Waals surface area contributed by atoms with Crippen molar-refractivity contribution in [2.24, 2.45) is 4.99 Å². The summed E-state index contributed by atoms with van der Waals surface area (Å²) in [5.74, 6) is 3.24. The van der Waals surface area contributed by atoms with E-state index >= 15 is 0 Å². The Morgan fingerprint density at radius 3 is 2.13 bits per heavy atom. The summed E-state index contributed by atoms with van der Waals surface area (Å²) in [4.78, 5) is 4.42. The minimum Gasteiger partial charge on any atom is -0.332 e. The van der Waals surface area contributed by atoms with Crippen LogP contribution in [0.3, 0.4) is 0 Å². The molecule has 0 fully saturated rings. The van der Waals surface area contributed by atoms with Crippen LogP contribution in [0.5, 0.6) is 0 Å². The first-order valence-electron chi connectivity index (χ1n) is 18.5. The Balaban J connectivity index is 1.32. The second-order valence-corrected chi connectivity index (χ2v) is 15.4. The van der Waals surface area contributed by atoms with Crippen LogP contribution in [0.1, 0.15) is 63.6 Å². The quantitative estimate of drug-likeness (QED) is 0.0952. The number of hydrogen-bond acceptors (Lipinski definition) is 1. The van der Waals surface area contributed by atoms with E-state index in [1.165, 1.54) is 87.5 Å². The maximum absolute atomic E-state index is 5.90. The van der Waals surface area contributed by atoms with E-state index in [1.807, 2.05) is 6.20 Å². The summed E-state index contributed by atoms with van der Waals surface area (Å²) >= 11 is 0. The van der Waals surface area contributed by atoms with Gasteiger partial charge in [-0.3, -0.25) is 4.99 Å². The molecule has 2 heterocycles. The average Bonchev–Trinajstić information content (AvgIpc) is 3.50. The SMILES string of the molecule is C#CCC(/C=C\C)n1c2ccccc2c2cc(-c3cc(-c4ccc(C5C=NC=CC5)cc4)c4ccc5cc(C(C)(C)C)cc6ccc3c4c56)ccc21. The summed E-state index contributed by atoms with van der Waals surface area (Å²) in [6.45, 7) is 8.97. The number of para-hydroxylation sites is 1. The van der Waals surface area contributed by atoms with Crippen molar-refractivity contribution >= 4 is 60.3 Å². The number of rotatable bonds is 6. The van der Waals surface area contributed by atoms with Gasteiger partial charge in [0.15, 0.2) is 0 Å². The van der Waals surface area contributed by atoms with E-state index in [0.717, 1.165) is 6.42 Å². The average molecular weight is 671 g/mol. The number of nitrogens with zero attached hydrogens (tertiary/aromatic N) is 2. The topological polar surface area (TPSA) is 17.3 Å².